The number of nitrogens with one attached hydrogen (secondary N) is 1. The summed E-state index contributed by atoms with van der Waals surface area (Å²) in [6.45, 7) is 3.69. The maximum atomic E-state index is 13.1. The van der Waals surface area contributed by atoms with Gasteiger partial charge in [0.15, 0.2) is 0 Å². The van der Waals surface area contributed by atoms with Crippen molar-refractivity contribution >= 4 is 11.6 Å². The second-order valence-corrected chi connectivity index (χ2v) is 4.78. The predicted molar refractivity (Wildman–Crippen MR) is 76.5 cm³/mol. The van der Waals surface area contributed by atoms with E-state index in [0.29, 0.717) is 11.3 Å². The Morgan fingerprint density at radius 2 is 1.71 bits per heavy atom. The third kappa shape index (κ3) is 4.02. The molecule has 0 atom stereocenters. The molecule has 0 aliphatic carbocycles. The van der Waals surface area contributed by atoms with E-state index in [1.165, 1.54) is 0 Å². The fourth-order valence-electron chi connectivity index (χ4n) is 1.84. The molecule has 2 rings (SSSR count). The molecule has 0 unspecified atom stereocenters. The SMILES string of the molecule is CC(C)Oc1ccccc1C(=O)Nc1cc(F)cc(F)c1. The Labute approximate surface area is 121 Å². The maximum absolute atomic E-state index is 13.1. The van der Waals surface area contributed by atoms with Crippen LogP contribution in [0.15, 0.2) is 42.5 Å². The normalized spacial score (nSPS) is 10.5. The summed E-state index contributed by atoms with van der Waals surface area (Å²) in [6, 6.07) is 9.53. The maximum Gasteiger partial charge on any atom is 0.259 e. The Morgan fingerprint density at radius 1 is 1.10 bits per heavy atom. The van der Waals surface area contributed by atoms with Crippen LogP contribution in [0.3, 0.4) is 0 Å². The first-order valence-corrected chi connectivity index (χ1v) is 6.49. The molecular formula is C16H15F2NO2. The first-order chi connectivity index (χ1) is 9.95. The van der Waals surface area contributed by atoms with Gasteiger partial charge in [-0.15, -0.1) is 0 Å². The van der Waals surface area contributed by atoms with Crippen LogP contribution in [0.5, 0.6) is 5.75 Å². The van der Waals surface area contributed by atoms with Crippen LogP contribution in [-0.2, 0) is 0 Å². The first kappa shape index (κ1) is 15.0. The summed E-state index contributed by atoms with van der Waals surface area (Å²) < 4.78 is 31.8. The van der Waals surface area contributed by atoms with E-state index in [1.807, 2.05) is 13.8 Å². The fourth-order valence-corrected chi connectivity index (χ4v) is 1.84. The third-order valence-electron chi connectivity index (χ3n) is 2.61. The number of benzene rings is 2. The Kier molecular flexibility index (Phi) is 4.52. The summed E-state index contributed by atoms with van der Waals surface area (Å²) in [5.74, 6) is -1.58. The van der Waals surface area contributed by atoms with Gasteiger partial charge in [-0.3, -0.25) is 4.79 Å². The van der Waals surface area contributed by atoms with Gasteiger partial charge < -0.3 is 10.1 Å². The third-order valence-corrected chi connectivity index (χ3v) is 2.61. The minimum absolute atomic E-state index is 0.0526. The van der Waals surface area contributed by atoms with Gasteiger partial charge in [0.1, 0.15) is 17.4 Å². The van der Waals surface area contributed by atoms with Crippen LogP contribution in [0.1, 0.15) is 24.2 Å². The zero-order valence-electron chi connectivity index (χ0n) is 11.7. The summed E-state index contributed by atoms with van der Waals surface area (Å²) in [7, 11) is 0. The van der Waals surface area contributed by atoms with Crippen molar-refractivity contribution in [3.05, 3.63) is 59.7 Å². The minimum atomic E-state index is -0.753. The number of amides is 1. The Bertz CT molecular complexity index is 636. The van der Waals surface area contributed by atoms with E-state index < -0.39 is 17.5 Å². The molecule has 5 heteroatoms. The van der Waals surface area contributed by atoms with Gasteiger partial charge in [-0.1, -0.05) is 12.1 Å². The van der Waals surface area contributed by atoms with E-state index in [4.69, 9.17) is 4.74 Å². The van der Waals surface area contributed by atoms with Crippen molar-refractivity contribution in [1.82, 2.24) is 0 Å². The van der Waals surface area contributed by atoms with Crippen LogP contribution in [0.2, 0.25) is 0 Å². The van der Waals surface area contributed by atoms with Gasteiger partial charge in [0.05, 0.1) is 11.7 Å². The lowest BCUT2D eigenvalue weighted by atomic mass is 10.1. The van der Waals surface area contributed by atoms with Crippen molar-refractivity contribution in [2.75, 3.05) is 5.32 Å². The van der Waals surface area contributed by atoms with E-state index in [-0.39, 0.29) is 11.8 Å². The van der Waals surface area contributed by atoms with Crippen molar-refractivity contribution in [3.63, 3.8) is 0 Å². The molecule has 0 saturated carbocycles. The predicted octanol–water partition coefficient (Wildman–Crippen LogP) is 4.00. The molecule has 0 bridgehead atoms. The number of carbonyl (C=O) groups is 1. The second-order valence-electron chi connectivity index (χ2n) is 4.78. The average Bonchev–Trinajstić information content (AvgIpc) is 2.37. The van der Waals surface area contributed by atoms with Gasteiger partial charge >= 0.3 is 0 Å². The minimum Gasteiger partial charge on any atom is -0.490 e. The first-order valence-electron chi connectivity index (χ1n) is 6.49. The zero-order valence-corrected chi connectivity index (χ0v) is 11.7. The number of halogens is 2. The lowest BCUT2D eigenvalue weighted by Crippen LogP contribution is -2.15. The highest BCUT2D eigenvalue weighted by atomic mass is 19.1. The van der Waals surface area contributed by atoms with E-state index in [1.54, 1.807) is 24.3 Å². The Morgan fingerprint density at radius 3 is 2.33 bits per heavy atom. The molecule has 0 aromatic heterocycles. The lowest BCUT2D eigenvalue weighted by molar-refractivity contribution is 0.102. The molecule has 21 heavy (non-hydrogen) atoms. The molecule has 0 aliphatic heterocycles. The molecular weight excluding hydrogens is 276 g/mol. The van der Waals surface area contributed by atoms with Crippen LogP contribution in [-0.4, -0.2) is 12.0 Å². The zero-order chi connectivity index (χ0) is 15.4. The molecule has 0 aliphatic rings. The summed E-state index contributed by atoms with van der Waals surface area (Å²) in [5, 5.41) is 2.45. The summed E-state index contributed by atoms with van der Waals surface area (Å²) in [6.07, 6.45) is -0.0921. The standard InChI is InChI=1S/C16H15F2NO2/c1-10(2)21-15-6-4-3-5-14(15)16(20)19-13-8-11(17)7-12(18)9-13/h3-10H,1-2H3,(H,19,20). The van der Waals surface area contributed by atoms with Gasteiger partial charge in [-0.25, -0.2) is 8.78 Å². The van der Waals surface area contributed by atoms with Gasteiger partial charge in [0, 0.05) is 11.8 Å². The topological polar surface area (TPSA) is 38.3 Å². The van der Waals surface area contributed by atoms with Gasteiger partial charge in [0.25, 0.3) is 5.91 Å². The molecule has 2 aromatic carbocycles. The van der Waals surface area contributed by atoms with Crippen LogP contribution in [0.25, 0.3) is 0 Å². The highest BCUT2D eigenvalue weighted by Gasteiger charge is 2.14. The molecule has 1 amide bonds. The second kappa shape index (κ2) is 6.35. The summed E-state index contributed by atoms with van der Waals surface area (Å²) in [4.78, 5) is 12.2. The van der Waals surface area contributed by atoms with E-state index >= 15 is 0 Å². The van der Waals surface area contributed by atoms with Crippen LogP contribution in [0, 0.1) is 11.6 Å². The number of rotatable bonds is 4. The van der Waals surface area contributed by atoms with Crippen LogP contribution in [0.4, 0.5) is 14.5 Å². The summed E-state index contributed by atoms with van der Waals surface area (Å²) in [5.41, 5.74) is 0.354. The molecule has 0 spiro atoms. The molecule has 2 aromatic rings. The Hall–Kier alpha value is -2.43. The number of anilines is 1. The molecule has 1 N–H and O–H groups in total. The number of hydrogen-bond acceptors (Lipinski definition) is 2. The average molecular weight is 291 g/mol. The van der Waals surface area contributed by atoms with Crippen LogP contribution >= 0.6 is 0 Å². The van der Waals surface area contributed by atoms with E-state index in [0.717, 1.165) is 18.2 Å². The van der Waals surface area contributed by atoms with Gasteiger partial charge in [-0.2, -0.15) is 0 Å². The number of carbonyl (C=O) groups excluding carboxylic acids is 1. The number of hydrogen-bond donors (Lipinski definition) is 1. The van der Waals surface area contributed by atoms with Gasteiger partial charge in [0.2, 0.25) is 0 Å². The van der Waals surface area contributed by atoms with Crippen molar-refractivity contribution in [3.8, 4) is 5.75 Å². The molecule has 110 valence electrons. The Balaban J connectivity index is 2.24. The van der Waals surface area contributed by atoms with E-state index in [9.17, 15) is 13.6 Å². The monoisotopic (exact) mass is 291 g/mol. The highest BCUT2D eigenvalue weighted by Crippen LogP contribution is 2.21. The lowest BCUT2D eigenvalue weighted by Gasteiger charge is -2.14. The molecule has 0 radical (unpaired) electrons. The number of ether oxygens (including phenoxy) is 1. The van der Waals surface area contributed by atoms with Crippen LogP contribution < -0.4 is 10.1 Å². The van der Waals surface area contributed by atoms with Gasteiger partial charge in [-0.05, 0) is 38.1 Å². The van der Waals surface area contributed by atoms with Crippen molar-refractivity contribution in [2.45, 2.75) is 20.0 Å². The van der Waals surface area contributed by atoms with E-state index in [2.05, 4.69) is 5.32 Å². The highest BCUT2D eigenvalue weighted by molar-refractivity contribution is 6.06. The summed E-state index contributed by atoms with van der Waals surface area (Å²) >= 11 is 0. The largest absolute Gasteiger partial charge is 0.490 e. The molecule has 0 heterocycles. The molecule has 3 nitrogen and oxygen atoms in total. The van der Waals surface area contributed by atoms with Crippen molar-refractivity contribution < 1.29 is 18.3 Å². The van der Waals surface area contributed by atoms with Crippen molar-refractivity contribution in [1.29, 1.82) is 0 Å². The fraction of sp³-hybridized carbons (Fsp3) is 0.188. The molecule has 0 fully saturated rings. The van der Waals surface area contributed by atoms with Crippen molar-refractivity contribution in [2.24, 2.45) is 0 Å². The smallest absolute Gasteiger partial charge is 0.259 e. The quantitative estimate of drug-likeness (QED) is 0.924. The molecule has 0 saturated heterocycles. The number of para-hydroxylation sites is 1.